The molecule has 2 aromatic carbocycles. The van der Waals surface area contributed by atoms with E-state index in [9.17, 15) is 4.79 Å². The zero-order valence-corrected chi connectivity index (χ0v) is 14.6. The van der Waals surface area contributed by atoms with E-state index in [1.807, 2.05) is 25.1 Å². The second-order valence-electron chi connectivity index (χ2n) is 5.54. The summed E-state index contributed by atoms with van der Waals surface area (Å²) in [6.45, 7) is 1.92. The monoisotopic (exact) mass is 363 g/mol. The van der Waals surface area contributed by atoms with Gasteiger partial charge >= 0.3 is 0 Å². The van der Waals surface area contributed by atoms with Crippen molar-refractivity contribution >= 4 is 34.7 Å². The van der Waals surface area contributed by atoms with Crippen molar-refractivity contribution in [2.24, 2.45) is 0 Å². The van der Waals surface area contributed by atoms with Gasteiger partial charge in [0.15, 0.2) is 11.5 Å². The lowest BCUT2D eigenvalue weighted by Crippen LogP contribution is -2.14. The van der Waals surface area contributed by atoms with Crippen LogP contribution in [0.25, 0.3) is 0 Å². The summed E-state index contributed by atoms with van der Waals surface area (Å²) in [5.41, 5.74) is 3.05. The standard InChI is InChI=1S/C19H14ClN5O/c1-12-2-5-15(10-16(12)20)22-18-9-8-17(24-25-18)19(26)23-14-6-3-13(11-21)4-7-14/h2-10H,1H3,(H,22,25)(H,23,26). The van der Waals surface area contributed by atoms with E-state index in [-0.39, 0.29) is 11.6 Å². The molecule has 0 radical (unpaired) electrons. The second kappa shape index (κ2) is 7.64. The fourth-order valence-corrected chi connectivity index (χ4v) is 2.34. The third kappa shape index (κ3) is 4.15. The molecule has 0 aliphatic heterocycles. The molecular weight excluding hydrogens is 350 g/mol. The van der Waals surface area contributed by atoms with E-state index in [2.05, 4.69) is 20.8 Å². The molecule has 3 aromatic rings. The van der Waals surface area contributed by atoms with Gasteiger partial charge in [-0.2, -0.15) is 5.26 Å². The van der Waals surface area contributed by atoms with Crippen molar-refractivity contribution in [3.63, 3.8) is 0 Å². The molecule has 2 N–H and O–H groups in total. The normalized spacial score (nSPS) is 10.0. The van der Waals surface area contributed by atoms with Gasteiger partial charge in [-0.3, -0.25) is 4.79 Å². The molecule has 6 nitrogen and oxygen atoms in total. The van der Waals surface area contributed by atoms with Gasteiger partial charge in [0.25, 0.3) is 5.91 Å². The number of nitrogens with zero attached hydrogens (tertiary/aromatic N) is 3. The minimum Gasteiger partial charge on any atom is -0.339 e. The molecule has 1 heterocycles. The SMILES string of the molecule is Cc1ccc(Nc2ccc(C(=O)Nc3ccc(C#N)cc3)nn2)cc1Cl. The number of aryl methyl sites for hydroxylation is 1. The number of aromatic nitrogens is 2. The molecule has 3 rings (SSSR count). The number of nitrogens with one attached hydrogen (secondary N) is 2. The van der Waals surface area contributed by atoms with Crippen LogP contribution in [0, 0.1) is 18.3 Å². The van der Waals surface area contributed by atoms with E-state index >= 15 is 0 Å². The van der Waals surface area contributed by atoms with Gasteiger partial charge < -0.3 is 10.6 Å². The zero-order chi connectivity index (χ0) is 18.5. The van der Waals surface area contributed by atoms with Crippen molar-refractivity contribution in [2.45, 2.75) is 6.92 Å². The lowest BCUT2D eigenvalue weighted by atomic mass is 10.2. The molecule has 0 saturated carbocycles. The molecule has 0 aliphatic carbocycles. The van der Waals surface area contributed by atoms with Crippen LogP contribution in [0.3, 0.4) is 0 Å². The molecule has 7 heteroatoms. The molecule has 26 heavy (non-hydrogen) atoms. The lowest BCUT2D eigenvalue weighted by molar-refractivity contribution is 0.102. The highest BCUT2D eigenvalue weighted by molar-refractivity contribution is 6.31. The molecule has 0 aliphatic rings. The average Bonchev–Trinajstić information content (AvgIpc) is 2.66. The molecule has 128 valence electrons. The maximum absolute atomic E-state index is 12.2. The lowest BCUT2D eigenvalue weighted by Gasteiger charge is -2.08. The Morgan fingerprint density at radius 3 is 2.38 bits per heavy atom. The molecule has 0 bridgehead atoms. The van der Waals surface area contributed by atoms with Gasteiger partial charge in [0.1, 0.15) is 0 Å². The van der Waals surface area contributed by atoms with Gasteiger partial charge in [-0.25, -0.2) is 0 Å². The fourth-order valence-electron chi connectivity index (χ4n) is 2.16. The number of hydrogen-bond acceptors (Lipinski definition) is 5. The fraction of sp³-hybridized carbons (Fsp3) is 0.0526. The predicted molar refractivity (Wildman–Crippen MR) is 101 cm³/mol. The maximum atomic E-state index is 12.2. The van der Waals surface area contributed by atoms with Gasteiger partial charge in [0.2, 0.25) is 0 Å². The van der Waals surface area contributed by atoms with E-state index in [0.29, 0.717) is 22.1 Å². The Balaban J connectivity index is 1.67. The highest BCUT2D eigenvalue weighted by atomic mass is 35.5. The van der Waals surface area contributed by atoms with Crippen LogP contribution in [0.5, 0.6) is 0 Å². The minimum atomic E-state index is -0.382. The van der Waals surface area contributed by atoms with Crippen molar-refractivity contribution in [1.29, 1.82) is 5.26 Å². The molecule has 0 saturated heterocycles. The van der Waals surface area contributed by atoms with Crippen molar-refractivity contribution in [2.75, 3.05) is 10.6 Å². The summed E-state index contributed by atoms with van der Waals surface area (Å²) in [4.78, 5) is 12.2. The third-order valence-corrected chi connectivity index (χ3v) is 4.02. The van der Waals surface area contributed by atoms with Crippen LogP contribution in [0.1, 0.15) is 21.6 Å². The molecule has 0 atom stereocenters. The van der Waals surface area contributed by atoms with Crippen LogP contribution in [0.2, 0.25) is 5.02 Å². The summed E-state index contributed by atoms with van der Waals surface area (Å²) in [6.07, 6.45) is 0. The van der Waals surface area contributed by atoms with E-state index in [0.717, 1.165) is 11.3 Å². The van der Waals surface area contributed by atoms with Crippen LogP contribution in [0.4, 0.5) is 17.2 Å². The van der Waals surface area contributed by atoms with E-state index < -0.39 is 0 Å². The molecular formula is C19H14ClN5O. The Morgan fingerprint density at radius 1 is 1.04 bits per heavy atom. The van der Waals surface area contributed by atoms with Gasteiger partial charge in [0, 0.05) is 16.4 Å². The Bertz CT molecular complexity index is 978. The number of anilines is 3. The second-order valence-corrected chi connectivity index (χ2v) is 5.94. The quantitative estimate of drug-likeness (QED) is 0.720. The van der Waals surface area contributed by atoms with Gasteiger partial charge in [-0.15, -0.1) is 10.2 Å². The first kappa shape index (κ1) is 17.4. The predicted octanol–water partition coefficient (Wildman–Crippen LogP) is 4.31. The van der Waals surface area contributed by atoms with E-state index in [1.165, 1.54) is 0 Å². The van der Waals surface area contributed by atoms with E-state index in [1.54, 1.807) is 42.5 Å². The topological polar surface area (TPSA) is 90.7 Å². The number of carbonyl (C=O) groups excluding carboxylic acids is 1. The van der Waals surface area contributed by atoms with Gasteiger partial charge in [-0.1, -0.05) is 17.7 Å². The smallest absolute Gasteiger partial charge is 0.276 e. The first-order valence-corrected chi connectivity index (χ1v) is 8.11. The Morgan fingerprint density at radius 2 is 1.77 bits per heavy atom. The van der Waals surface area contributed by atoms with Crippen molar-refractivity contribution in [1.82, 2.24) is 10.2 Å². The highest BCUT2D eigenvalue weighted by Gasteiger charge is 2.09. The number of nitriles is 1. The number of carbonyl (C=O) groups is 1. The van der Waals surface area contributed by atoms with Crippen LogP contribution >= 0.6 is 11.6 Å². The summed E-state index contributed by atoms with van der Waals surface area (Å²) in [7, 11) is 0. The summed E-state index contributed by atoms with van der Waals surface area (Å²) >= 11 is 6.10. The Labute approximate surface area is 155 Å². The van der Waals surface area contributed by atoms with Crippen molar-refractivity contribution in [3.8, 4) is 6.07 Å². The van der Waals surface area contributed by atoms with Crippen molar-refractivity contribution < 1.29 is 4.79 Å². The zero-order valence-electron chi connectivity index (χ0n) is 13.8. The number of halogens is 1. The highest BCUT2D eigenvalue weighted by Crippen LogP contribution is 2.22. The Hall–Kier alpha value is -3.43. The van der Waals surface area contributed by atoms with E-state index in [4.69, 9.17) is 16.9 Å². The summed E-state index contributed by atoms with van der Waals surface area (Å²) in [6, 6.07) is 17.4. The molecule has 1 aromatic heterocycles. The first-order valence-electron chi connectivity index (χ1n) is 7.73. The average molecular weight is 364 g/mol. The van der Waals surface area contributed by atoms with Crippen LogP contribution in [-0.4, -0.2) is 16.1 Å². The summed E-state index contributed by atoms with van der Waals surface area (Å²) in [5, 5.41) is 23.2. The number of hydrogen-bond donors (Lipinski definition) is 2. The summed E-state index contributed by atoms with van der Waals surface area (Å²) < 4.78 is 0. The molecule has 0 spiro atoms. The van der Waals surface area contributed by atoms with Crippen molar-refractivity contribution in [3.05, 3.63) is 76.4 Å². The van der Waals surface area contributed by atoms with Crippen LogP contribution < -0.4 is 10.6 Å². The Kier molecular flexibility index (Phi) is 5.11. The molecule has 0 unspecified atom stereocenters. The number of rotatable bonds is 4. The van der Waals surface area contributed by atoms with Gasteiger partial charge in [0.05, 0.1) is 11.6 Å². The van der Waals surface area contributed by atoms with Crippen LogP contribution in [0.15, 0.2) is 54.6 Å². The minimum absolute atomic E-state index is 0.182. The summed E-state index contributed by atoms with van der Waals surface area (Å²) in [5.74, 6) is 0.118. The largest absolute Gasteiger partial charge is 0.339 e. The molecule has 0 fully saturated rings. The number of amides is 1. The van der Waals surface area contributed by atoms with Gasteiger partial charge in [-0.05, 0) is 61.0 Å². The number of benzene rings is 2. The van der Waals surface area contributed by atoms with Crippen LogP contribution in [-0.2, 0) is 0 Å². The molecule has 1 amide bonds. The third-order valence-electron chi connectivity index (χ3n) is 3.61. The first-order chi connectivity index (χ1) is 12.5. The maximum Gasteiger partial charge on any atom is 0.276 e.